The van der Waals surface area contributed by atoms with E-state index in [1.807, 2.05) is 0 Å². The molecule has 0 bridgehead atoms. The van der Waals surface area contributed by atoms with Gasteiger partial charge in [0.05, 0.1) is 0 Å². The lowest BCUT2D eigenvalue weighted by atomic mass is 10.3. The van der Waals surface area contributed by atoms with Crippen LogP contribution in [0, 0.1) is 0 Å². The van der Waals surface area contributed by atoms with Crippen LogP contribution in [0.5, 0.6) is 0 Å². The molecule has 0 N–H and O–H groups in total. The van der Waals surface area contributed by atoms with Crippen molar-refractivity contribution >= 4 is 74.1 Å². The average Bonchev–Trinajstić information content (AvgIpc) is 3.32. The molecule has 0 fully saturated rings. The third-order valence-corrected chi connectivity index (χ3v) is 23.7. The Bertz CT molecular complexity index is 1880. The summed E-state index contributed by atoms with van der Waals surface area (Å²) in [5.74, 6) is 0. The van der Waals surface area contributed by atoms with Crippen LogP contribution < -0.4 is 42.4 Å². The molecule has 4 heteroatoms. The summed E-state index contributed by atoms with van der Waals surface area (Å²) < 4.78 is 0. The van der Waals surface area contributed by atoms with Gasteiger partial charge in [-0.05, 0) is 96.8 Å². The second-order valence-corrected chi connectivity index (χ2v) is 25.5. The fraction of sp³-hybridized carbons (Fsp3) is 0.143. The van der Waals surface area contributed by atoms with Crippen LogP contribution in [0.1, 0.15) is 27.7 Å². The molecule has 4 atom stereocenters. The standard InChI is InChI=1S/2C28H28P2/c2*1-23(29(25-15-7-3-8-16-25)26-17-9-4-10-18-26)24(2)30(27-19-11-5-12-20-27)28-21-13-6-14-22-28/h2*3-24H,1-2H3/t2*23-,24-/m10/s1. The van der Waals surface area contributed by atoms with Crippen LogP contribution in [-0.4, -0.2) is 22.6 Å². The van der Waals surface area contributed by atoms with Crippen molar-refractivity contribution in [3.8, 4) is 0 Å². The Morgan fingerprint density at radius 2 is 0.283 bits per heavy atom. The molecule has 0 radical (unpaired) electrons. The van der Waals surface area contributed by atoms with Crippen LogP contribution in [-0.2, 0) is 0 Å². The van der Waals surface area contributed by atoms with E-state index in [4.69, 9.17) is 0 Å². The van der Waals surface area contributed by atoms with Crippen LogP contribution >= 0.6 is 31.7 Å². The zero-order chi connectivity index (χ0) is 41.5. The van der Waals surface area contributed by atoms with Gasteiger partial charge in [0.2, 0.25) is 0 Å². The van der Waals surface area contributed by atoms with Crippen LogP contribution in [0.4, 0.5) is 0 Å². The third-order valence-electron chi connectivity index (χ3n) is 11.3. The lowest BCUT2D eigenvalue weighted by Gasteiger charge is -2.35. The van der Waals surface area contributed by atoms with E-state index < -0.39 is 31.7 Å². The molecule has 8 aromatic rings. The largest absolute Gasteiger partial charge is 0.0622 e. The van der Waals surface area contributed by atoms with E-state index in [-0.39, 0.29) is 0 Å². The fourth-order valence-corrected chi connectivity index (χ4v) is 20.3. The van der Waals surface area contributed by atoms with Gasteiger partial charge in [-0.15, -0.1) is 0 Å². The summed E-state index contributed by atoms with van der Waals surface area (Å²) in [7, 11) is -1.79. The van der Waals surface area contributed by atoms with Crippen molar-refractivity contribution < 1.29 is 0 Å². The Hall–Kier alpha value is -4.52. The molecule has 0 amide bonds. The lowest BCUT2D eigenvalue weighted by Crippen LogP contribution is -2.31. The molecule has 0 spiro atoms. The number of benzene rings is 8. The highest BCUT2D eigenvalue weighted by Crippen LogP contribution is 2.52. The molecule has 0 heterocycles. The van der Waals surface area contributed by atoms with Crippen LogP contribution in [0.15, 0.2) is 243 Å². The van der Waals surface area contributed by atoms with E-state index in [0.29, 0.717) is 22.6 Å². The van der Waals surface area contributed by atoms with Gasteiger partial charge < -0.3 is 0 Å². The Labute approximate surface area is 365 Å². The number of hydrogen-bond acceptors (Lipinski definition) is 0. The molecule has 0 saturated carbocycles. The van der Waals surface area contributed by atoms with E-state index in [1.54, 1.807) is 0 Å². The van der Waals surface area contributed by atoms with Gasteiger partial charge in [0.1, 0.15) is 0 Å². The van der Waals surface area contributed by atoms with Crippen molar-refractivity contribution in [1.82, 2.24) is 0 Å². The molecular formula is C56H56P4. The van der Waals surface area contributed by atoms with Gasteiger partial charge in [-0.2, -0.15) is 0 Å². The third kappa shape index (κ3) is 11.0. The number of rotatable bonds is 14. The van der Waals surface area contributed by atoms with Crippen molar-refractivity contribution in [1.29, 1.82) is 0 Å². The first-order chi connectivity index (χ1) is 29.5. The normalized spacial score (nSPS) is 13.3. The Morgan fingerprint density at radius 1 is 0.183 bits per heavy atom. The topological polar surface area (TPSA) is 0 Å². The second kappa shape index (κ2) is 22.4. The predicted molar refractivity (Wildman–Crippen MR) is 274 cm³/mol. The molecule has 8 aromatic carbocycles. The van der Waals surface area contributed by atoms with Gasteiger partial charge in [0.25, 0.3) is 0 Å². The van der Waals surface area contributed by atoms with Gasteiger partial charge in [-0.25, -0.2) is 0 Å². The molecule has 0 unspecified atom stereocenters. The zero-order valence-electron chi connectivity index (χ0n) is 35.2. The van der Waals surface area contributed by atoms with Crippen LogP contribution in [0.25, 0.3) is 0 Å². The van der Waals surface area contributed by atoms with E-state index in [1.165, 1.54) is 42.4 Å². The highest BCUT2D eigenvalue weighted by molar-refractivity contribution is 7.78. The van der Waals surface area contributed by atoms with Crippen LogP contribution in [0.2, 0.25) is 0 Å². The summed E-state index contributed by atoms with van der Waals surface area (Å²) in [5, 5.41) is 11.7. The van der Waals surface area contributed by atoms with Gasteiger partial charge in [0, 0.05) is 0 Å². The van der Waals surface area contributed by atoms with Crippen molar-refractivity contribution in [2.45, 2.75) is 50.3 Å². The molecule has 0 aromatic heterocycles. The molecule has 0 aliphatic carbocycles. The van der Waals surface area contributed by atoms with Crippen molar-refractivity contribution in [3.63, 3.8) is 0 Å². The summed E-state index contributed by atoms with van der Waals surface area (Å²) in [5.41, 5.74) is 2.21. The Morgan fingerprint density at radius 3 is 0.383 bits per heavy atom. The highest BCUT2D eigenvalue weighted by Gasteiger charge is 2.33. The molecule has 8 rings (SSSR count). The quantitative estimate of drug-likeness (QED) is 0.0956. The van der Waals surface area contributed by atoms with Gasteiger partial charge >= 0.3 is 0 Å². The molecule has 0 aliphatic rings. The first-order valence-electron chi connectivity index (χ1n) is 21.1. The maximum absolute atomic E-state index is 2.47. The lowest BCUT2D eigenvalue weighted by molar-refractivity contribution is 0.912. The molecule has 0 saturated heterocycles. The first kappa shape index (κ1) is 43.6. The fourth-order valence-electron chi connectivity index (χ4n) is 8.05. The maximum Gasteiger partial charge on any atom is -0.00861 e. The molecule has 60 heavy (non-hydrogen) atoms. The summed E-state index contributed by atoms with van der Waals surface area (Å²) >= 11 is 0. The molecular weight excluding hydrogens is 797 g/mol. The molecule has 300 valence electrons. The number of hydrogen-bond donors (Lipinski definition) is 0. The van der Waals surface area contributed by atoms with E-state index in [0.717, 1.165) is 0 Å². The second-order valence-electron chi connectivity index (χ2n) is 15.1. The first-order valence-corrected chi connectivity index (χ1v) is 26.7. The van der Waals surface area contributed by atoms with Gasteiger partial charge in [-0.3, -0.25) is 0 Å². The Kier molecular flexibility index (Phi) is 16.2. The molecule has 0 nitrogen and oxygen atoms in total. The zero-order valence-corrected chi connectivity index (χ0v) is 38.8. The Balaban J connectivity index is 0.000000181. The van der Waals surface area contributed by atoms with Crippen molar-refractivity contribution in [2.75, 3.05) is 0 Å². The predicted octanol–water partition coefficient (Wildman–Crippen LogP) is 12.1. The highest BCUT2D eigenvalue weighted by atomic mass is 31.1. The summed E-state index contributed by atoms with van der Waals surface area (Å²) in [6.07, 6.45) is 0. The minimum atomic E-state index is -0.448. The summed E-state index contributed by atoms with van der Waals surface area (Å²) in [4.78, 5) is 0. The summed E-state index contributed by atoms with van der Waals surface area (Å²) in [6, 6.07) is 88.9. The monoisotopic (exact) mass is 852 g/mol. The maximum atomic E-state index is 2.47. The SMILES string of the molecule is C[C@@H]([C@H](C)P(c1ccccc1)c1ccccc1)P(c1ccccc1)c1ccccc1.C[C@H]([C@@H](C)P(c1ccccc1)c1ccccc1)P(c1ccccc1)c1ccccc1. The average molecular weight is 853 g/mol. The minimum Gasteiger partial charge on any atom is -0.0622 e. The van der Waals surface area contributed by atoms with E-state index >= 15 is 0 Å². The van der Waals surface area contributed by atoms with E-state index in [9.17, 15) is 0 Å². The van der Waals surface area contributed by atoms with E-state index in [2.05, 4.69) is 270 Å². The smallest absolute Gasteiger partial charge is 0.00861 e. The van der Waals surface area contributed by atoms with Gasteiger partial charge in [-0.1, -0.05) is 270 Å². The van der Waals surface area contributed by atoms with Crippen LogP contribution in [0.3, 0.4) is 0 Å². The van der Waals surface area contributed by atoms with Crippen molar-refractivity contribution in [3.05, 3.63) is 243 Å². The van der Waals surface area contributed by atoms with Crippen molar-refractivity contribution in [2.24, 2.45) is 0 Å². The summed E-state index contributed by atoms with van der Waals surface area (Å²) in [6.45, 7) is 9.88. The molecule has 0 aliphatic heterocycles. The van der Waals surface area contributed by atoms with Gasteiger partial charge in [0.15, 0.2) is 0 Å². The minimum absolute atomic E-state index is 0.448.